The lowest BCUT2D eigenvalue weighted by molar-refractivity contribution is -0.143. The average Bonchev–Trinajstić information content (AvgIpc) is 2.32. The van der Waals surface area contributed by atoms with Crippen molar-refractivity contribution in [3.63, 3.8) is 0 Å². The lowest BCUT2D eigenvalue weighted by Gasteiger charge is -2.03. The minimum absolute atomic E-state index is 0.107. The number of nitrogen functional groups attached to an aromatic ring is 1. The SMILES string of the molecule is CCOC(=O)CCCCCSc1nc(C)cc(N)n1. The molecule has 1 aromatic heterocycles. The van der Waals surface area contributed by atoms with E-state index in [1.807, 2.05) is 13.8 Å². The number of nitrogens with zero attached hydrogens (tertiary/aromatic N) is 2. The molecule has 0 aliphatic heterocycles. The van der Waals surface area contributed by atoms with Crippen LogP contribution in [0.4, 0.5) is 5.82 Å². The van der Waals surface area contributed by atoms with E-state index in [4.69, 9.17) is 10.5 Å². The van der Waals surface area contributed by atoms with E-state index in [0.717, 1.165) is 35.9 Å². The molecule has 106 valence electrons. The minimum atomic E-state index is -0.107. The largest absolute Gasteiger partial charge is 0.466 e. The van der Waals surface area contributed by atoms with Gasteiger partial charge in [0.15, 0.2) is 5.16 Å². The van der Waals surface area contributed by atoms with Crippen LogP contribution < -0.4 is 5.73 Å². The molecule has 0 fully saturated rings. The predicted molar refractivity (Wildman–Crippen MR) is 77.0 cm³/mol. The van der Waals surface area contributed by atoms with E-state index < -0.39 is 0 Å². The molecule has 1 heterocycles. The molecule has 1 aromatic rings. The van der Waals surface area contributed by atoms with Gasteiger partial charge in [-0.3, -0.25) is 4.79 Å². The Hall–Kier alpha value is -1.30. The molecule has 0 spiro atoms. The molecule has 0 aliphatic rings. The second-order valence-corrected chi connectivity index (χ2v) is 5.24. The van der Waals surface area contributed by atoms with Gasteiger partial charge in [-0.05, 0) is 26.7 Å². The Morgan fingerprint density at radius 3 is 2.84 bits per heavy atom. The fraction of sp³-hybridized carbons (Fsp3) is 0.615. The van der Waals surface area contributed by atoms with Gasteiger partial charge in [0.25, 0.3) is 0 Å². The maximum Gasteiger partial charge on any atom is 0.305 e. The lowest BCUT2D eigenvalue weighted by atomic mass is 10.2. The molecule has 0 amide bonds. The summed E-state index contributed by atoms with van der Waals surface area (Å²) in [4.78, 5) is 19.6. The molecule has 2 N–H and O–H groups in total. The van der Waals surface area contributed by atoms with Crippen molar-refractivity contribution in [2.75, 3.05) is 18.1 Å². The number of nitrogens with two attached hydrogens (primary N) is 1. The topological polar surface area (TPSA) is 78.1 Å². The molecule has 0 radical (unpaired) electrons. The summed E-state index contributed by atoms with van der Waals surface area (Å²) in [5.41, 5.74) is 6.54. The summed E-state index contributed by atoms with van der Waals surface area (Å²) in [5.74, 6) is 1.34. The number of esters is 1. The molecular weight excluding hydrogens is 262 g/mol. The number of unbranched alkanes of at least 4 members (excludes halogenated alkanes) is 2. The molecular formula is C13H21N3O2S. The van der Waals surface area contributed by atoms with Gasteiger partial charge >= 0.3 is 5.97 Å². The monoisotopic (exact) mass is 283 g/mol. The first kappa shape index (κ1) is 15.8. The number of anilines is 1. The summed E-state index contributed by atoms with van der Waals surface area (Å²) < 4.78 is 4.87. The van der Waals surface area contributed by atoms with E-state index >= 15 is 0 Å². The van der Waals surface area contributed by atoms with Gasteiger partial charge in [-0.15, -0.1) is 0 Å². The van der Waals surface area contributed by atoms with Crippen LogP contribution in [0.1, 0.15) is 38.3 Å². The third-order valence-corrected chi connectivity index (χ3v) is 3.35. The van der Waals surface area contributed by atoms with E-state index in [9.17, 15) is 4.79 Å². The zero-order valence-corrected chi connectivity index (χ0v) is 12.3. The van der Waals surface area contributed by atoms with E-state index in [-0.39, 0.29) is 5.97 Å². The predicted octanol–water partition coefficient (Wildman–Crippen LogP) is 2.58. The quantitative estimate of drug-likeness (QED) is 0.342. The summed E-state index contributed by atoms with van der Waals surface area (Å²) in [7, 11) is 0. The fourth-order valence-corrected chi connectivity index (χ4v) is 2.48. The number of aromatic nitrogens is 2. The van der Waals surface area contributed by atoms with Gasteiger partial charge in [0.05, 0.1) is 6.61 Å². The molecule has 0 unspecified atom stereocenters. The number of hydrogen-bond acceptors (Lipinski definition) is 6. The Balaban J connectivity index is 2.12. The fourth-order valence-electron chi connectivity index (χ4n) is 1.57. The molecule has 0 aromatic carbocycles. The highest BCUT2D eigenvalue weighted by Gasteiger charge is 2.03. The van der Waals surface area contributed by atoms with Crippen LogP contribution in [0, 0.1) is 6.92 Å². The van der Waals surface area contributed by atoms with Crippen LogP contribution in [0.3, 0.4) is 0 Å². The van der Waals surface area contributed by atoms with Crippen molar-refractivity contribution < 1.29 is 9.53 Å². The summed E-state index contributed by atoms with van der Waals surface area (Å²) in [5, 5.41) is 0.725. The second-order valence-electron chi connectivity index (χ2n) is 4.18. The number of ether oxygens (including phenoxy) is 1. The van der Waals surface area contributed by atoms with Crippen LogP contribution in [0.25, 0.3) is 0 Å². The zero-order chi connectivity index (χ0) is 14.1. The van der Waals surface area contributed by atoms with E-state index in [0.29, 0.717) is 18.8 Å². The molecule has 0 bridgehead atoms. The van der Waals surface area contributed by atoms with Crippen molar-refractivity contribution >= 4 is 23.5 Å². The van der Waals surface area contributed by atoms with Crippen LogP contribution in [-0.2, 0) is 9.53 Å². The van der Waals surface area contributed by atoms with Crippen molar-refractivity contribution in [1.29, 1.82) is 0 Å². The standard InChI is InChI=1S/C13H21N3O2S/c1-3-18-12(17)7-5-4-6-8-19-13-15-10(2)9-11(14)16-13/h9H,3-8H2,1-2H3,(H2,14,15,16). The number of carbonyl (C=O) groups excluding carboxylic acids is 1. The number of hydrogen-bond donors (Lipinski definition) is 1. The highest BCUT2D eigenvalue weighted by Crippen LogP contribution is 2.17. The van der Waals surface area contributed by atoms with Gasteiger partial charge < -0.3 is 10.5 Å². The van der Waals surface area contributed by atoms with Crippen molar-refractivity contribution in [2.24, 2.45) is 0 Å². The number of rotatable bonds is 8. The first-order valence-corrected chi connectivity index (χ1v) is 7.50. The number of carbonyl (C=O) groups is 1. The average molecular weight is 283 g/mol. The number of thioether (sulfide) groups is 1. The Morgan fingerprint density at radius 2 is 2.16 bits per heavy atom. The smallest absolute Gasteiger partial charge is 0.305 e. The maximum atomic E-state index is 11.1. The third-order valence-electron chi connectivity index (χ3n) is 2.42. The lowest BCUT2D eigenvalue weighted by Crippen LogP contribution is -2.03. The summed E-state index contributed by atoms with van der Waals surface area (Å²) in [6.45, 7) is 4.18. The summed E-state index contributed by atoms with van der Waals surface area (Å²) in [6.07, 6.45) is 3.41. The second kappa shape index (κ2) is 8.74. The molecule has 0 saturated carbocycles. The van der Waals surface area contributed by atoms with Gasteiger partial charge in [-0.1, -0.05) is 18.2 Å². The van der Waals surface area contributed by atoms with Gasteiger partial charge in [0.1, 0.15) is 5.82 Å². The molecule has 6 heteroatoms. The van der Waals surface area contributed by atoms with Crippen LogP contribution in [0.5, 0.6) is 0 Å². The van der Waals surface area contributed by atoms with Crippen molar-refractivity contribution in [3.8, 4) is 0 Å². The third kappa shape index (κ3) is 7.00. The van der Waals surface area contributed by atoms with Crippen molar-refractivity contribution in [1.82, 2.24) is 9.97 Å². The molecule has 0 saturated heterocycles. The summed E-state index contributed by atoms with van der Waals surface area (Å²) in [6, 6.07) is 1.75. The first-order chi connectivity index (χ1) is 9.11. The van der Waals surface area contributed by atoms with Crippen molar-refractivity contribution in [2.45, 2.75) is 44.7 Å². The Labute approximate surface area is 118 Å². The molecule has 1 rings (SSSR count). The molecule has 19 heavy (non-hydrogen) atoms. The van der Waals surface area contributed by atoms with Gasteiger partial charge in [-0.25, -0.2) is 9.97 Å². The molecule has 0 atom stereocenters. The first-order valence-electron chi connectivity index (χ1n) is 6.51. The Kier molecular flexibility index (Phi) is 7.25. The van der Waals surface area contributed by atoms with E-state index in [1.54, 1.807) is 17.8 Å². The minimum Gasteiger partial charge on any atom is -0.466 e. The van der Waals surface area contributed by atoms with Crippen LogP contribution in [-0.4, -0.2) is 28.3 Å². The van der Waals surface area contributed by atoms with E-state index in [2.05, 4.69) is 9.97 Å². The van der Waals surface area contributed by atoms with Gasteiger partial charge in [0.2, 0.25) is 0 Å². The van der Waals surface area contributed by atoms with Gasteiger partial charge in [-0.2, -0.15) is 0 Å². The molecule has 0 aliphatic carbocycles. The van der Waals surface area contributed by atoms with Crippen LogP contribution >= 0.6 is 11.8 Å². The Bertz CT molecular complexity index is 393. The zero-order valence-electron chi connectivity index (χ0n) is 11.5. The maximum absolute atomic E-state index is 11.1. The van der Waals surface area contributed by atoms with Crippen molar-refractivity contribution in [3.05, 3.63) is 11.8 Å². The van der Waals surface area contributed by atoms with Gasteiger partial charge in [0, 0.05) is 23.9 Å². The summed E-state index contributed by atoms with van der Waals surface area (Å²) >= 11 is 1.60. The highest BCUT2D eigenvalue weighted by molar-refractivity contribution is 7.99. The van der Waals surface area contributed by atoms with E-state index in [1.165, 1.54) is 0 Å². The Morgan fingerprint density at radius 1 is 1.37 bits per heavy atom. The number of aryl methyl sites for hydroxylation is 1. The normalized spacial score (nSPS) is 10.4. The highest BCUT2D eigenvalue weighted by atomic mass is 32.2. The molecule has 5 nitrogen and oxygen atoms in total. The van der Waals surface area contributed by atoms with Crippen LogP contribution in [0.2, 0.25) is 0 Å². The van der Waals surface area contributed by atoms with Crippen LogP contribution in [0.15, 0.2) is 11.2 Å².